The molecule has 35 heavy (non-hydrogen) atoms. The molecule has 0 bridgehead atoms. The summed E-state index contributed by atoms with van der Waals surface area (Å²) in [6.07, 6.45) is 0. The number of carbonyl (C=O) groups excluding carboxylic acids is 2. The standard InChI is InChI=1S/C25H31N7O2S/c1-17-8-9-21(20(4)14-17)32-25(27-28-29-32)35-16-23(34)31-12-10-30(11-13-31)15-22(33)26-24-18(2)6-5-7-19(24)3/h5-9,14H,10-13,15-16H2,1-4H3,(H,26,33). The number of hydrogen-bond acceptors (Lipinski definition) is 7. The van der Waals surface area contributed by atoms with Crippen molar-refractivity contribution in [1.82, 2.24) is 30.0 Å². The summed E-state index contributed by atoms with van der Waals surface area (Å²) in [6.45, 7) is 10.9. The molecule has 0 aliphatic carbocycles. The van der Waals surface area contributed by atoms with Crippen molar-refractivity contribution in [3.8, 4) is 5.69 Å². The van der Waals surface area contributed by atoms with Crippen LogP contribution in [0.1, 0.15) is 22.3 Å². The first-order valence-electron chi connectivity index (χ1n) is 11.7. The third-order valence-electron chi connectivity index (χ3n) is 6.18. The Balaban J connectivity index is 1.26. The van der Waals surface area contributed by atoms with E-state index in [-0.39, 0.29) is 17.6 Å². The van der Waals surface area contributed by atoms with Crippen LogP contribution in [0.5, 0.6) is 0 Å². The second-order valence-corrected chi connectivity index (χ2v) is 9.87. The van der Waals surface area contributed by atoms with Gasteiger partial charge < -0.3 is 10.2 Å². The summed E-state index contributed by atoms with van der Waals surface area (Å²) in [6, 6.07) is 12.1. The molecule has 1 N–H and O–H groups in total. The van der Waals surface area contributed by atoms with Crippen molar-refractivity contribution in [3.63, 3.8) is 0 Å². The van der Waals surface area contributed by atoms with Crippen LogP contribution in [0.25, 0.3) is 5.69 Å². The number of nitrogens with zero attached hydrogens (tertiary/aromatic N) is 6. The largest absolute Gasteiger partial charge is 0.339 e. The van der Waals surface area contributed by atoms with Crippen molar-refractivity contribution >= 4 is 29.3 Å². The summed E-state index contributed by atoms with van der Waals surface area (Å²) in [5.41, 5.74) is 6.13. The van der Waals surface area contributed by atoms with Gasteiger partial charge in [-0.05, 0) is 60.9 Å². The Bertz CT molecular complexity index is 1200. The predicted octanol–water partition coefficient (Wildman–Crippen LogP) is 2.77. The molecule has 2 heterocycles. The highest BCUT2D eigenvalue weighted by Crippen LogP contribution is 2.22. The van der Waals surface area contributed by atoms with Crippen LogP contribution in [0.2, 0.25) is 0 Å². The van der Waals surface area contributed by atoms with Crippen LogP contribution >= 0.6 is 11.8 Å². The number of carbonyl (C=O) groups is 2. The van der Waals surface area contributed by atoms with E-state index in [4.69, 9.17) is 0 Å². The molecule has 1 fully saturated rings. The topological polar surface area (TPSA) is 96.2 Å². The first-order chi connectivity index (χ1) is 16.8. The van der Waals surface area contributed by atoms with Gasteiger partial charge in [-0.25, -0.2) is 0 Å². The molecule has 1 aromatic heterocycles. The molecular formula is C25H31N7O2S. The number of nitrogens with one attached hydrogen (secondary N) is 1. The van der Waals surface area contributed by atoms with Gasteiger partial charge in [-0.3, -0.25) is 14.5 Å². The Morgan fingerprint density at radius 1 is 0.971 bits per heavy atom. The first kappa shape index (κ1) is 24.9. The molecule has 1 aliphatic heterocycles. The number of hydrogen-bond donors (Lipinski definition) is 1. The van der Waals surface area contributed by atoms with Gasteiger partial charge in [0.2, 0.25) is 17.0 Å². The molecule has 0 saturated carbocycles. The predicted molar refractivity (Wildman–Crippen MR) is 137 cm³/mol. The van der Waals surface area contributed by atoms with Gasteiger partial charge in [0, 0.05) is 31.9 Å². The van der Waals surface area contributed by atoms with Gasteiger partial charge in [0.05, 0.1) is 18.0 Å². The van der Waals surface area contributed by atoms with E-state index in [9.17, 15) is 9.59 Å². The van der Waals surface area contributed by atoms with Gasteiger partial charge in [-0.15, -0.1) is 5.10 Å². The average Bonchev–Trinajstić information content (AvgIpc) is 3.29. The van der Waals surface area contributed by atoms with Gasteiger partial charge in [0.25, 0.3) is 0 Å². The van der Waals surface area contributed by atoms with Crippen molar-refractivity contribution in [1.29, 1.82) is 0 Å². The highest BCUT2D eigenvalue weighted by Gasteiger charge is 2.23. The molecule has 2 aromatic carbocycles. The zero-order chi connectivity index (χ0) is 24.9. The van der Waals surface area contributed by atoms with Gasteiger partial charge in [0.1, 0.15) is 0 Å². The third kappa shape index (κ3) is 6.07. The second kappa shape index (κ2) is 11.0. The summed E-state index contributed by atoms with van der Waals surface area (Å²) >= 11 is 1.34. The lowest BCUT2D eigenvalue weighted by molar-refractivity contribution is -0.130. The molecule has 0 radical (unpaired) electrons. The van der Waals surface area contributed by atoms with Crippen LogP contribution in [0.4, 0.5) is 5.69 Å². The maximum Gasteiger partial charge on any atom is 0.238 e. The van der Waals surface area contributed by atoms with Gasteiger partial charge in [0.15, 0.2) is 0 Å². The van der Waals surface area contributed by atoms with E-state index in [0.29, 0.717) is 37.9 Å². The Morgan fingerprint density at radius 3 is 2.37 bits per heavy atom. The molecule has 0 unspecified atom stereocenters. The fourth-order valence-corrected chi connectivity index (χ4v) is 5.02. The fraction of sp³-hybridized carbons (Fsp3) is 0.400. The number of para-hydroxylation sites is 1. The van der Waals surface area contributed by atoms with Crippen LogP contribution < -0.4 is 5.32 Å². The number of thioether (sulfide) groups is 1. The lowest BCUT2D eigenvalue weighted by atomic mass is 10.1. The van der Waals surface area contributed by atoms with Crippen molar-refractivity contribution in [2.24, 2.45) is 0 Å². The molecule has 0 spiro atoms. The van der Waals surface area contributed by atoms with E-state index in [0.717, 1.165) is 28.1 Å². The third-order valence-corrected chi connectivity index (χ3v) is 7.09. The lowest BCUT2D eigenvalue weighted by Crippen LogP contribution is -2.51. The SMILES string of the molecule is Cc1ccc(-n2nnnc2SCC(=O)N2CCN(CC(=O)Nc3c(C)cccc3C)CC2)c(C)c1. The zero-order valence-electron chi connectivity index (χ0n) is 20.6. The Morgan fingerprint density at radius 2 is 1.69 bits per heavy atom. The summed E-state index contributed by atoms with van der Waals surface area (Å²) in [5, 5.41) is 15.6. The second-order valence-electron chi connectivity index (χ2n) is 8.92. The van der Waals surface area contributed by atoms with Crippen molar-refractivity contribution < 1.29 is 9.59 Å². The number of aromatic nitrogens is 4. The van der Waals surface area contributed by atoms with Crippen LogP contribution in [0, 0.1) is 27.7 Å². The summed E-state index contributed by atoms with van der Waals surface area (Å²) in [7, 11) is 0. The Labute approximate surface area is 209 Å². The van der Waals surface area contributed by atoms with E-state index >= 15 is 0 Å². The summed E-state index contributed by atoms with van der Waals surface area (Å²) in [5.74, 6) is 0.277. The first-order valence-corrected chi connectivity index (χ1v) is 12.7. The van der Waals surface area contributed by atoms with Gasteiger partial charge >= 0.3 is 0 Å². The van der Waals surface area contributed by atoms with Crippen molar-refractivity contribution in [3.05, 3.63) is 58.7 Å². The quantitative estimate of drug-likeness (QED) is 0.506. The molecule has 9 nitrogen and oxygen atoms in total. The Hall–Kier alpha value is -3.24. The minimum absolute atomic E-state index is 0.0315. The number of rotatable bonds is 7. The average molecular weight is 494 g/mol. The Kier molecular flexibility index (Phi) is 7.82. The van der Waals surface area contributed by atoms with Crippen molar-refractivity contribution in [2.75, 3.05) is 43.8 Å². The molecule has 3 aromatic rings. The molecular weight excluding hydrogens is 462 g/mol. The molecule has 2 amide bonds. The van der Waals surface area contributed by atoms with E-state index in [1.165, 1.54) is 17.3 Å². The van der Waals surface area contributed by atoms with Crippen LogP contribution in [0.3, 0.4) is 0 Å². The zero-order valence-corrected chi connectivity index (χ0v) is 21.4. The lowest BCUT2D eigenvalue weighted by Gasteiger charge is -2.34. The highest BCUT2D eigenvalue weighted by molar-refractivity contribution is 7.99. The number of benzene rings is 2. The number of anilines is 1. The monoisotopic (exact) mass is 493 g/mol. The summed E-state index contributed by atoms with van der Waals surface area (Å²) in [4.78, 5) is 29.3. The minimum atomic E-state index is -0.0315. The molecule has 184 valence electrons. The number of tetrazole rings is 1. The maximum absolute atomic E-state index is 12.8. The highest BCUT2D eigenvalue weighted by atomic mass is 32.2. The maximum atomic E-state index is 12.8. The van der Waals surface area contributed by atoms with Gasteiger partial charge in [-0.1, -0.05) is 47.7 Å². The van der Waals surface area contributed by atoms with E-state index in [1.54, 1.807) is 4.68 Å². The molecule has 1 saturated heterocycles. The van der Waals surface area contributed by atoms with E-state index < -0.39 is 0 Å². The molecule has 10 heteroatoms. The van der Waals surface area contributed by atoms with E-state index in [2.05, 4.69) is 31.8 Å². The smallest absolute Gasteiger partial charge is 0.238 e. The molecule has 1 aliphatic rings. The molecule has 4 rings (SSSR count). The van der Waals surface area contributed by atoms with Crippen LogP contribution in [0.15, 0.2) is 41.6 Å². The number of aryl methyl sites for hydroxylation is 4. The summed E-state index contributed by atoms with van der Waals surface area (Å²) < 4.78 is 1.68. The normalized spacial score (nSPS) is 14.2. The number of amides is 2. The fourth-order valence-electron chi connectivity index (χ4n) is 4.23. The van der Waals surface area contributed by atoms with Crippen LogP contribution in [-0.4, -0.2) is 80.3 Å². The van der Waals surface area contributed by atoms with E-state index in [1.807, 2.05) is 62.9 Å². The van der Waals surface area contributed by atoms with Gasteiger partial charge in [-0.2, -0.15) is 4.68 Å². The van der Waals surface area contributed by atoms with Crippen LogP contribution in [-0.2, 0) is 9.59 Å². The van der Waals surface area contributed by atoms with Crippen molar-refractivity contribution in [2.45, 2.75) is 32.9 Å². The molecule has 0 atom stereocenters. The number of piperazine rings is 1. The minimum Gasteiger partial charge on any atom is -0.339 e.